The van der Waals surface area contributed by atoms with Crippen molar-refractivity contribution in [3.63, 3.8) is 0 Å². The first-order valence-electron chi connectivity index (χ1n) is 8.75. The SMILES string of the molecule is C[C@@H]1CCCN1C(=O)CN[C@@H]1CC[C@H](Cn2cccc2C#N)C1. The highest BCUT2D eigenvalue weighted by Gasteiger charge is 2.28. The van der Waals surface area contributed by atoms with Crippen LogP contribution >= 0.6 is 0 Å². The van der Waals surface area contributed by atoms with Gasteiger partial charge in [0.25, 0.3) is 0 Å². The van der Waals surface area contributed by atoms with Gasteiger partial charge in [-0.05, 0) is 57.1 Å². The van der Waals surface area contributed by atoms with Crippen LogP contribution in [0.4, 0.5) is 0 Å². The molecule has 124 valence electrons. The number of carbonyl (C=O) groups excluding carboxylic acids is 1. The lowest BCUT2D eigenvalue weighted by Crippen LogP contribution is -2.42. The lowest BCUT2D eigenvalue weighted by molar-refractivity contribution is -0.130. The Labute approximate surface area is 138 Å². The second kappa shape index (κ2) is 7.18. The van der Waals surface area contributed by atoms with Crippen LogP contribution in [0.25, 0.3) is 0 Å². The first kappa shape index (κ1) is 16.1. The molecule has 5 nitrogen and oxygen atoms in total. The Balaban J connectivity index is 1.43. The van der Waals surface area contributed by atoms with Crippen molar-refractivity contribution in [2.45, 2.75) is 57.7 Å². The summed E-state index contributed by atoms with van der Waals surface area (Å²) in [5, 5.41) is 12.5. The van der Waals surface area contributed by atoms with Crippen molar-refractivity contribution in [2.75, 3.05) is 13.1 Å². The lowest BCUT2D eigenvalue weighted by atomic mass is 10.1. The summed E-state index contributed by atoms with van der Waals surface area (Å²) < 4.78 is 2.05. The molecule has 1 amide bonds. The van der Waals surface area contributed by atoms with Crippen molar-refractivity contribution in [1.82, 2.24) is 14.8 Å². The van der Waals surface area contributed by atoms with Gasteiger partial charge in [-0.25, -0.2) is 0 Å². The van der Waals surface area contributed by atoms with Crippen molar-refractivity contribution < 1.29 is 4.79 Å². The minimum atomic E-state index is 0.246. The number of hydrogen-bond acceptors (Lipinski definition) is 3. The normalized spacial score (nSPS) is 27.3. The van der Waals surface area contributed by atoms with E-state index in [-0.39, 0.29) is 5.91 Å². The van der Waals surface area contributed by atoms with Crippen LogP contribution in [0, 0.1) is 17.2 Å². The van der Waals surface area contributed by atoms with Gasteiger partial charge in [-0.3, -0.25) is 4.79 Å². The third-order valence-electron chi connectivity index (χ3n) is 5.36. The molecular weight excluding hydrogens is 288 g/mol. The lowest BCUT2D eigenvalue weighted by Gasteiger charge is -2.23. The summed E-state index contributed by atoms with van der Waals surface area (Å²) in [7, 11) is 0. The molecule has 0 bridgehead atoms. The van der Waals surface area contributed by atoms with Crippen molar-refractivity contribution in [3.8, 4) is 6.07 Å². The zero-order chi connectivity index (χ0) is 16.2. The zero-order valence-electron chi connectivity index (χ0n) is 13.9. The van der Waals surface area contributed by atoms with Crippen molar-refractivity contribution >= 4 is 5.91 Å². The molecule has 0 unspecified atom stereocenters. The van der Waals surface area contributed by atoms with Crippen LogP contribution in [0.2, 0.25) is 0 Å². The number of aromatic nitrogens is 1. The Hall–Kier alpha value is -1.80. The van der Waals surface area contributed by atoms with Crippen LogP contribution in [0.5, 0.6) is 0 Å². The Morgan fingerprint density at radius 1 is 1.43 bits per heavy atom. The predicted octanol–water partition coefficient (Wildman–Crippen LogP) is 2.13. The third-order valence-corrected chi connectivity index (χ3v) is 5.36. The molecule has 1 saturated heterocycles. The van der Waals surface area contributed by atoms with Gasteiger partial charge in [0.15, 0.2) is 0 Å². The molecule has 5 heteroatoms. The first-order chi connectivity index (χ1) is 11.2. The molecule has 2 aliphatic rings. The van der Waals surface area contributed by atoms with Crippen LogP contribution < -0.4 is 5.32 Å². The molecular formula is C18H26N4O. The maximum absolute atomic E-state index is 12.3. The number of nitrogens with zero attached hydrogens (tertiary/aromatic N) is 3. The molecule has 0 spiro atoms. The maximum Gasteiger partial charge on any atom is 0.236 e. The molecule has 1 aromatic rings. The van der Waals surface area contributed by atoms with Crippen molar-refractivity contribution in [1.29, 1.82) is 5.26 Å². The second-order valence-electron chi connectivity index (χ2n) is 6.99. The van der Waals surface area contributed by atoms with E-state index < -0.39 is 0 Å². The molecule has 0 aromatic carbocycles. The quantitative estimate of drug-likeness (QED) is 0.905. The monoisotopic (exact) mass is 314 g/mol. The van der Waals surface area contributed by atoms with E-state index in [4.69, 9.17) is 5.26 Å². The first-order valence-corrected chi connectivity index (χ1v) is 8.75. The molecule has 2 fully saturated rings. The molecule has 1 N–H and O–H groups in total. The summed E-state index contributed by atoms with van der Waals surface area (Å²) in [5.74, 6) is 0.837. The smallest absolute Gasteiger partial charge is 0.236 e. The fraction of sp³-hybridized carbons (Fsp3) is 0.667. The van der Waals surface area contributed by atoms with E-state index in [2.05, 4.69) is 18.3 Å². The number of hydrogen-bond donors (Lipinski definition) is 1. The zero-order valence-corrected chi connectivity index (χ0v) is 13.9. The van der Waals surface area contributed by atoms with Gasteiger partial charge in [0.2, 0.25) is 5.91 Å². The molecule has 1 aliphatic carbocycles. The third kappa shape index (κ3) is 3.76. The molecule has 1 aromatic heterocycles. The van der Waals surface area contributed by atoms with E-state index in [1.807, 2.05) is 27.8 Å². The van der Waals surface area contributed by atoms with Gasteiger partial charge < -0.3 is 14.8 Å². The average Bonchev–Trinajstić information content (AvgIpc) is 3.26. The van der Waals surface area contributed by atoms with Gasteiger partial charge in [-0.1, -0.05) is 0 Å². The standard InChI is InChI=1S/C18H26N4O/c1-14-4-2-9-22(14)18(23)12-20-16-7-6-15(10-16)13-21-8-3-5-17(21)11-19/h3,5,8,14-16,20H,2,4,6-7,9-10,12-13H2,1H3/t14-,15+,16-/m1/s1. The molecule has 1 aliphatic heterocycles. The Bertz CT molecular complexity index is 588. The Kier molecular flexibility index (Phi) is 5.02. The fourth-order valence-electron chi connectivity index (χ4n) is 4.02. The van der Waals surface area contributed by atoms with Crippen LogP contribution in [0.1, 0.15) is 44.7 Å². The van der Waals surface area contributed by atoms with Crippen LogP contribution in [-0.4, -0.2) is 40.5 Å². The highest BCUT2D eigenvalue weighted by atomic mass is 16.2. The van der Waals surface area contributed by atoms with Gasteiger partial charge in [0.05, 0.1) is 6.54 Å². The number of carbonyl (C=O) groups is 1. The number of likely N-dealkylation sites (tertiary alicyclic amines) is 1. The minimum absolute atomic E-state index is 0.246. The van der Waals surface area contributed by atoms with Crippen molar-refractivity contribution in [2.24, 2.45) is 5.92 Å². The van der Waals surface area contributed by atoms with Gasteiger partial charge in [-0.2, -0.15) is 5.26 Å². The summed E-state index contributed by atoms with van der Waals surface area (Å²) in [6.45, 7) is 4.43. The molecule has 2 heterocycles. The fourth-order valence-corrected chi connectivity index (χ4v) is 4.02. The maximum atomic E-state index is 12.3. The highest BCUT2D eigenvalue weighted by molar-refractivity contribution is 5.78. The van der Waals surface area contributed by atoms with Gasteiger partial charge in [0, 0.05) is 31.4 Å². The Morgan fingerprint density at radius 2 is 2.30 bits per heavy atom. The molecule has 1 saturated carbocycles. The van der Waals surface area contributed by atoms with Crippen LogP contribution in [-0.2, 0) is 11.3 Å². The molecule has 3 atom stereocenters. The summed E-state index contributed by atoms with van der Waals surface area (Å²) >= 11 is 0. The van der Waals surface area contributed by atoms with E-state index in [1.54, 1.807) is 0 Å². The Morgan fingerprint density at radius 3 is 3.04 bits per heavy atom. The van der Waals surface area contributed by atoms with E-state index in [9.17, 15) is 4.79 Å². The van der Waals surface area contributed by atoms with E-state index in [0.717, 1.165) is 50.9 Å². The van der Waals surface area contributed by atoms with Gasteiger partial charge >= 0.3 is 0 Å². The topological polar surface area (TPSA) is 61.1 Å². The number of nitrogens with one attached hydrogen (secondary N) is 1. The van der Waals surface area contributed by atoms with Crippen LogP contribution in [0.3, 0.4) is 0 Å². The number of amides is 1. The summed E-state index contributed by atoms with van der Waals surface area (Å²) in [5.41, 5.74) is 0.736. The number of nitriles is 1. The molecule has 23 heavy (non-hydrogen) atoms. The largest absolute Gasteiger partial charge is 0.339 e. The molecule has 0 radical (unpaired) electrons. The predicted molar refractivity (Wildman–Crippen MR) is 88.7 cm³/mol. The van der Waals surface area contributed by atoms with E-state index >= 15 is 0 Å². The average molecular weight is 314 g/mol. The number of rotatable bonds is 5. The molecule has 3 rings (SSSR count). The second-order valence-corrected chi connectivity index (χ2v) is 6.99. The highest BCUT2D eigenvalue weighted by Crippen LogP contribution is 2.27. The summed E-state index contributed by atoms with van der Waals surface area (Å²) in [6, 6.07) is 6.86. The van der Waals surface area contributed by atoms with Gasteiger partial charge in [0.1, 0.15) is 11.8 Å². The van der Waals surface area contributed by atoms with Crippen molar-refractivity contribution in [3.05, 3.63) is 24.0 Å². The minimum Gasteiger partial charge on any atom is -0.339 e. The van der Waals surface area contributed by atoms with E-state index in [1.165, 1.54) is 0 Å². The van der Waals surface area contributed by atoms with Crippen LogP contribution in [0.15, 0.2) is 18.3 Å². The van der Waals surface area contributed by atoms with Gasteiger partial charge in [-0.15, -0.1) is 0 Å². The summed E-state index contributed by atoms with van der Waals surface area (Å²) in [4.78, 5) is 14.3. The summed E-state index contributed by atoms with van der Waals surface area (Å²) in [6.07, 6.45) is 7.63. The van der Waals surface area contributed by atoms with E-state index in [0.29, 0.717) is 24.5 Å².